The van der Waals surface area contributed by atoms with Crippen LogP contribution in [0, 0.1) is 0 Å². The van der Waals surface area contributed by atoms with Gasteiger partial charge in [0, 0.05) is 13.7 Å². The van der Waals surface area contributed by atoms with Crippen molar-refractivity contribution in [2.45, 2.75) is 20.0 Å². The molecule has 4 nitrogen and oxygen atoms in total. The molecule has 1 N–H and O–H groups in total. The molecule has 0 bridgehead atoms. The maximum atomic E-state index is 11.1. The maximum Gasteiger partial charge on any atom is 0.248 e. The zero-order valence-electron chi connectivity index (χ0n) is 7.92. The molecule has 0 spiro atoms. The molecule has 0 fully saturated rings. The largest absolute Gasteiger partial charge is 0.382 e. The molecule has 1 unspecified atom stereocenters. The van der Waals surface area contributed by atoms with E-state index in [0.717, 1.165) is 0 Å². The van der Waals surface area contributed by atoms with E-state index in [1.807, 2.05) is 6.92 Å². The second-order valence-corrected chi connectivity index (χ2v) is 2.40. The molecular weight excluding hydrogens is 158 g/mol. The number of methoxy groups -OCH3 is 1. The van der Waals surface area contributed by atoms with E-state index < -0.39 is 0 Å². The monoisotopic (exact) mass is 175 g/mol. The van der Waals surface area contributed by atoms with Gasteiger partial charge in [0.1, 0.15) is 6.10 Å². The third kappa shape index (κ3) is 5.09. The molecule has 0 saturated heterocycles. The van der Waals surface area contributed by atoms with Gasteiger partial charge in [-0.05, 0) is 13.8 Å². The molecule has 72 valence electrons. The van der Waals surface area contributed by atoms with Crippen LogP contribution in [0.3, 0.4) is 0 Å². The number of nitrogens with one attached hydrogen (secondary N) is 1. The molecule has 0 aliphatic carbocycles. The van der Waals surface area contributed by atoms with Crippen LogP contribution in [0.2, 0.25) is 0 Å². The number of amides is 1. The predicted octanol–water partition coefficient (Wildman–Crippen LogP) is 0.174. The summed E-state index contributed by atoms with van der Waals surface area (Å²) in [6.45, 7) is 5.20. The number of ether oxygens (including phenoxy) is 2. The minimum absolute atomic E-state index is 0.0754. The first-order valence-corrected chi connectivity index (χ1v) is 4.10. The molecule has 0 saturated carbocycles. The Bertz CT molecular complexity index is 127. The molecule has 1 atom stereocenters. The summed E-state index contributed by atoms with van der Waals surface area (Å²) in [6, 6.07) is 0. The van der Waals surface area contributed by atoms with E-state index in [0.29, 0.717) is 19.8 Å². The smallest absolute Gasteiger partial charge is 0.248 e. The highest BCUT2D eigenvalue weighted by Gasteiger charge is 2.10. The van der Waals surface area contributed by atoms with Crippen molar-refractivity contribution in [1.82, 2.24) is 5.32 Å². The molecule has 0 aliphatic heterocycles. The predicted molar refractivity (Wildman–Crippen MR) is 46.0 cm³/mol. The summed E-state index contributed by atoms with van der Waals surface area (Å²) in [6.07, 6.45) is -0.389. The van der Waals surface area contributed by atoms with Crippen LogP contribution < -0.4 is 5.32 Å². The van der Waals surface area contributed by atoms with Crippen LogP contribution in [0.1, 0.15) is 13.8 Å². The van der Waals surface area contributed by atoms with Gasteiger partial charge in [-0.3, -0.25) is 4.79 Å². The van der Waals surface area contributed by atoms with Crippen LogP contribution >= 0.6 is 0 Å². The molecular formula is C8H17NO3. The van der Waals surface area contributed by atoms with Gasteiger partial charge >= 0.3 is 0 Å². The lowest BCUT2D eigenvalue weighted by molar-refractivity contribution is -0.132. The molecule has 0 aromatic carbocycles. The second-order valence-electron chi connectivity index (χ2n) is 2.40. The minimum atomic E-state index is -0.389. The van der Waals surface area contributed by atoms with Crippen molar-refractivity contribution in [1.29, 1.82) is 0 Å². The maximum absolute atomic E-state index is 11.1. The number of carbonyl (C=O) groups excluding carboxylic acids is 1. The summed E-state index contributed by atoms with van der Waals surface area (Å²) in [4.78, 5) is 11.1. The number of hydrogen-bond donors (Lipinski definition) is 1. The van der Waals surface area contributed by atoms with Gasteiger partial charge in [-0.25, -0.2) is 0 Å². The van der Waals surface area contributed by atoms with Gasteiger partial charge in [-0.15, -0.1) is 0 Å². The summed E-state index contributed by atoms with van der Waals surface area (Å²) in [5, 5.41) is 2.67. The lowest BCUT2D eigenvalue weighted by Gasteiger charge is -2.11. The van der Waals surface area contributed by atoms with E-state index >= 15 is 0 Å². The average molecular weight is 175 g/mol. The van der Waals surface area contributed by atoms with Crippen LogP contribution in [0.5, 0.6) is 0 Å². The highest BCUT2D eigenvalue weighted by molar-refractivity contribution is 5.80. The molecule has 4 heteroatoms. The molecule has 0 aliphatic rings. The van der Waals surface area contributed by atoms with E-state index in [9.17, 15) is 4.79 Å². The van der Waals surface area contributed by atoms with Crippen LogP contribution in [-0.4, -0.2) is 38.9 Å². The van der Waals surface area contributed by atoms with Gasteiger partial charge in [0.05, 0.1) is 13.2 Å². The Kier molecular flexibility index (Phi) is 6.70. The minimum Gasteiger partial charge on any atom is -0.382 e. The fourth-order valence-electron chi connectivity index (χ4n) is 0.702. The topological polar surface area (TPSA) is 47.6 Å². The van der Waals surface area contributed by atoms with Gasteiger partial charge in [0.2, 0.25) is 5.91 Å². The summed E-state index contributed by atoms with van der Waals surface area (Å²) >= 11 is 0. The Balaban J connectivity index is 3.42. The Morgan fingerprint density at radius 3 is 2.67 bits per heavy atom. The molecule has 0 rings (SSSR count). The lowest BCUT2D eigenvalue weighted by Crippen LogP contribution is -2.34. The first kappa shape index (κ1) is 11.4. The summed E-state index contributed by atoms with van der Waals surface area (Å²) in [7, 11) is 1.60. The first-order chi connectivity index (χ1) is 5.72. The van der Waals surface area contributed by atoms with Gasteiger partial charge in [0.15, 0.2) is 0 Å². The van der Waals surface area contributed by atoms with Crippen molar-refractivity contribution in [3.8, 4) is 0 Å². The highest BCUT2D eigenvalue weighted by atomic mass is 16.5. The normalized spacial score (nSPS) is 12.6. The van der Waals surface area contributed by atoms with Crippen LogP contribution in [0.25, 0.3) is 0 Å². The fourth-order valence-corrected chi connectivity index (χ4v) is 0.702. The van der Waals surface area contributed by atoms with Gasteiger partial charge in [-0.1, -0.05) is 0 Å². The molecule has 0 aromatic rings. The second kappa shape index (κ2) is 7.06. The van der Waals surface area contributed by atoms with Crippen molar-refractivity contribution in [2.24, 2.45) is 0 Å². The standard InChI is InChI=1S/C8H17NO3/c1-4-9-8(10)7(2)12-6-5-11-3/h7H,4-6H2,1-3H3,(H,9,10). The van der Waals surface area contributed by atoms with Crippen LogP contribution in [0.15, 0.2) is 0 Å². The van der Waals surface area contributed by atoms with E-state index in [1.165, 1.54) is 0 Å². The Labute approximate surface area is 73.2 Å². The van der Waals surface area contributed by atoms with Crippen molar-refractivity contribution < 1.29 is 14.3 Å². The summed E-state index contributed by atoms with van der Waals surface area (Å²) in [5.41, 5.74) is 0. The Morgan fingerprint density at radius 2 is 2.17 bits per heavy atom. The van der Waals surface area contributed by atoms with Crippen molar-refractivity contribution in [3.63, 3.8) is 0 Å². The third-order valence-electron chi connectivity index (χ3n) is 1.38. The fraction of sp³-hybridized carbons (Fsp3) is 0.875. The van der Waals surface area contributed by atoms with Gasteiger partial charge < -0.3 is 14.8 Å². The first-order valence-electron chi connectivity index (χ1n) is 4.10. The zero-order valence-corrected chi connectivity index (χ0v) is 7.92. The number of carbonyl (C=O) groups is 1. The Hall–Kier alpha value is -0.610. The Morgan fingerprint density at radius 1 is 1.50 bits per heavy atom. The number of rotatable bonds is 6. The van der Waals surface area contributed by atoms with E-state index in [4.69, 9.17) is 9.47 Å². The molecule has 1 amide bonds. The lowest BCUT2D eigenvalue weighted by atomic mass is 10.4. The molecule has 0 aromatic heterocycles. The van der Waals surface area contributed by atoms with E-state index in [2.05, 4.69) is 5.32 Å². The van der Waals surface area contributed by atoms with Gasteiger partial charge in [-0.2, -0.15) is 0 Å². The summed E-state index contributed by atoms with van der Waals surface area (Å²) < 4.78 is 9.93. The van der Waals surface area contributed by atoms with Crippen LogP contribution in [-0.2, 0) is 14.3 Å². The van der Waals surface area contributed by atoms with E-state index in [1.54, 1.807) is 14.0 Å². The zero-order chi connectivity index (χ0) is 9.40. The van der Waals surface area contributed by atoms with Gasteiger partial charge in [0.25, 0.3) is 0 Å². The summed E-state index contributed by atoms with van der Waals surface area (Å²) in [5.74, 6) is -0.0754. The SMILES string of the molecule is CCNC(=O)C(C)OCCOC. The van der Waals surface area contributed by atoms with Crippen molar-refractivity contribution in [3.05, 3.63) is 0 Å². The van der Waals surface area contributed by atoms with E-state index in [-0.39, 0.29) is 12.0 Å². The molecule has 0 heterocycles. The van der Waals surface area contributed by atoms with Crippen LogP contribution in [0.4, 0.5) is 0 Å². The third-order valence-corrected chi connectivity index (χ3v) is 1.38. The average Bonchev–Trinajstić information content (AvgIpc) is 2.05. The quantitative estimate of drug-likeness (QED) is 0.585. The highest BCUT2D eigenvalue weighted by Crippen LogP contribution is 1.89. The molecule has 12 heavy (non-hydrogen) atoms. The number of hydrogen-bond acceptors (Lipinski definition) is 3. The van der Waals surface area contributed by atoms with Crippen molar-refractivity contribution in [2.75, 3.05) is 26.9 Å². The van der Waals surface area contributed by atoms with Crippen molar-refractivity contribution >= 4 is 5.91 Å². The molecule has 0 radical (unpaired) electrons. The number of likely N-dealkylation sites (N-methyl/N-ethyl adjacent to an activating group) is 1.